The summed E-state index contributed by atoms with van der Waals surface area (Å²) in [5.41, 5.74) is 1.66. The zero-order chi connectivity index (χ0) is 13.3. The summed E-state index contributed by atoms with van der Waals surface area (Å²) in [6.07, 6.45) is 0. The Morgan fingerprint density at radius 2 is 1.78 bits per heavy atom. The number of nitrogens with zero attached hydrogens (tertiary/aromatic N) is 1. The van der Waals surface area contributed by atoms with Crippen LogP contribution in [0.4, 0.5) is 18.9 Å². The molecule has 1 aromatic carbocycles. The first kappa shape index (κ1) is 12.5. The van der Waals surface area contributed by atoms with E-state index in [9.17, 15) is 13.2 Å². The van der Waals surface area contributed by atoms with Crippen molar-refractivity contribution in [1.82, 2.24) is 5.16 Å². The van der Waals surface area contributed by atoms with Crippen molar-refractivity contribution in [2.45, 2.75) is 20.4 Å². The Kier molecular flexibility index (Phi) is 3.27. The monoisotopic (exact) mass is 256 g/mol. The minimum absolute atomic E-state index is 0.159. The Balaban J connectivity index is 2.16. The fraction of sp³-hybridized carbons (Fsp3) is 0.250. The van der Waals surface area contributed by atoms with Crippen molar-refractivity contribution < 1.29 is 17.7 Å². The van der Waals surface area contributed by atoms with Gasteiger partial charge in [-0.1, -0.05) is 5.16 Å². The van der Waals surface area contributed by atoms with Crippen molar-refractivity contribution in [2.24, 2.45) is 0 Å². The number of nitrogens with one attached hydrogen (secondary N) is 1. The Bertz CT molecular complexity index is 538. The molecule has 1 aromatic heterocycles. The van der Waals surface area contributed by atoms with Gasteiger partial charge >= 0.3 is 0 Å². The third-order valence-electron chi connectivity index (χ3n) is 2.63. The molecule has 0 fully saturated rings. The highest BCUT2D eigenvalue weighted by atomic mass is 19.2. The second-order valence-corrected chi connectivity index (χ2v) is 3.91. The number of halogens is 3. The van der Waals surface area contributed by atoms with Crippen molar-refractivity contribution in [3.63, 3.8) is 0 Å². The van der Waals surface area contributed by atoms with E-state index in [0.29, 0.717) is 18.0 Å². The van der Waals surface area contributed by atoms with Crippen LogP contribution < -0.4 is 5.32 Å². The van der Waals surface area contributed by atoms with Crippen molar-refractivity contribution in [3.8, 4) is 0 Å². The lowest BCUT2D eigenvalue weighted by Crippen LogP contribution is -2.03. The average molecular weight is 256 g/mol. The highest BCUT2D eigenvalue weighted by Crippen LogP contribution is 2.19. The molecule has 0 bridgehead atoms. The largest absolute Gasteiger partial charge is 0.381 e. The van der Waals surface area contributed by atoms with Crippen molar-refractivity contribution in [1.29, 1.82) is 0 Å². The predicted octanol–water partition coefficient (Wildman–Crippen LogP) is 3.32. The van der Waals surface area contributed by atoms with Gasteiger partial charge < -0.3 is 9.84 Å². The molecule has 2 rings (SSSR count). The van der Waals surface area contributed by atoms with Gasteiger partial charge in [0.25, 0.3) is 0 Å². The first-order valence-corrected chi connectivity index (χ1v) is 5.29. The maximum atomic E-state index is 13.0. The fourth-order valence-electron chi connectivity index (χ4n) is 1.60. The summed E-state index contributed by atoms with van der Waals surface area (Å²) in [5.74, 6) is -3.30. The normalized spacial score (nSPS) is 10.7. The van der Waals surface area contributed by atoms with Gasteiger partial charge in [0, 0.05) is 29.9 Å². The maximum absolute atomic E-state index is 13.0. The number of aryl methyl sites for hydroxylation is 2. The molecule has 0 amide bonds. The molecule has 2 aromatic rings. The van der Waals surface area contributed by atoms with Gasteiger partial charge in [0.05, 0.1) is 5.69 Å². The summed E-state index contributed by atoms with van der Waals surface area (Å²) in [5, 5.41) is 6.55. The molecule has 96 valence electrons. The number of rotatable bonds is 3. The lowest BCUT2D eigenvalue weighted by Gasteiger charge is -2.07. The Labute approximate surface area is 102 Å². The van der Waals surface area contributed by atoms with E-state index in [2.05, 4.69) is 10.5 Å². The van der Waals surface area contributed by atoms with Crippen LogP contribution in [-0.4, -0.2) is 5.16 Å². The lowest BCUT2D eigenvalue weighted by molar-refractivity contribution is 0.392. The molecule has 0 aliphatic carbocycles. The molecule has 1 heterocycles. The average Bonchev–Trinajstić information content (AvgIpc) is 2.63. The first-order chi connectivity index (χ1) is 8.49. The van der Waals surface area contributed by atoms with Crippen LogP contribution >= 0.6 is 0 Å². The standard InChI is InChI=1S/C12H11F3N2O/c1-6-9(7(2)18-17-6)5-16-8-3-10(13)12(15)11(14)4-8/h3-4,16H,5H2,1-2H3. The smallest absolute Gasteiger partial charge is 0.194 e. The van der Waals surface area contributed by atoms with Gasteiger partial charge in [-0.3, -0.25) is 0 Å². The van der Waals surface area contributed by atoms with Crippen LogP contribution in [-0.2, 0) is 6.54 Å². The van der Waals surface area contributed by atoms with E-state index in [1.165, 1.54) is 0 Å². The molecular weight excluding hydrogens is 245 g/mol. The highest BCUT2D eigenvalue weighted by Gasteiger charge is 2.12. The third-order valence-corrected chi connectivity index (χ3v) is 2.63. The number of hydrogen-bond donors (Lipinski definition) is 1. The number of benzene rings is 1. The fourth-order valence-corrected chi connectivity index (χ4v) is 1.60. The van der Waals surface area contributed by atoms with Crippen LogP contribution in [0, 0.1) is 31.3 Å². The summed E-state index contributed by atoms with van der Waals surface area (Å²) in [6.45, 7) is 3.80. The Hall–Kier alpha value is -1.98. The second-order valence-electron chi connectivity index (χ2n) is 3.91. The lowest BCUT2D eigenvalue weighted by atomic mass is 10.2. The van der Waals surface area contributed by atoms with E-state index < -0.39 is 17.5 Å². The van der Waals surface area contributed by atoms with Crippen molar-refractivity contribution >= 4 is 5.69 Å². The van der Waals surface area contributed by atoms with Crippen LogP contribution in [0.2, 0.25) is 0 Å². The van der Waals surface area contributed by atoms with Gasteiger partial charge in [-0.15, -0.1) is 0 Å². The zero-order valence-electron chi connectivity index (χ0n) is 9.85. The summed E-state index contributed by atoms with van der Waals surface area (Å²) < 4.78 is 43.7. The molecule has 1 N–H and O–H groups in total. The molecule has 6 heteroatoms. The second kappa shape index (κ2) is 4.72. The van der Waals surface area contributed by atoms with Crippen LogP contribution in [0.5, 0.6) is 0 Å². The van der Waals surface area contributed by atoms with E-state index >= 15 is 0 Å². The molecule has 0 spiro atoms. The molecule has 0 radical (unpaired) electrons. The minimum atomic E-state index is -1.47. The molecule has 0 saturated heterocycles. The quantitative estimate of drug-likeness (QED) is 0.856. The summed E-state index contributed by atoms with van der Waals surface area (Å²) in [7, 11) is 0. The molecule has 18 heavy (non-hydrogen) atoms. The molecule has 0 unspecified atom stereocenters. The minimum Gasteiger partial charge on any atom is -0.381 e. The first-order valence-electron chi connectivity index (χ1n) is 5.29. The van der Waals surface area contributed by atoms with Crippen LogP contribution in [0.25, 0.3) is 0 Å². The predicted molar refractivity (Wildman–Crippen MR) is 59.6 cm³/mol. The maximum Gasteiger partial charge on any atom is 0.194 e. The summed E-state index contributed by atoms with van der Waals surface area (Å²) in [6, 6.07) is 1.80. The van der Waals surface area contributed by atoms with Crippen molar-refractivity contribution in [3.05, 3.63) is 46.6 Å². The molecule has 0 atom stereocenters. The van der Waals surface area contributed by atoms with Gasteiger partial charge in [-0.05, 0) is 13.8 Å². The van der Waals surface area contributed by atoms with Gasteiger partial charge in [-0.25, -0.2) is 13.2 Å². The zero-order valence-corrected chi connectivity index (χ0v) is 9.85. The van der Waals surface area contributed by atoms with Crippen LogP contribution in [0.15, 0.2) is 16.7 Å². The van der Waals surface area contributed by atoms with Gasteiger partial charge in [0.2, 0.25) is 0 Å². The van der Waals surface area contributed by atoms with Crippen molar-refractivity contribution in [2.75, 3.05) is 5.32 Å². The van der Waals surface area contributed by atoms with E-state index in [1.807, 2.05) is 0 Å². The molecule has 0 aliphatic heterocycles. The molecule has 0 saturated carbocycles. The van der Waals surface area contributed by atoms with Crippen LogP contribution in [0.3, 0.4) is 0 Å². The Morgan fingerprint density at radius 1 is 1.17 bits per heavy atom. The van der Waals surface area contributed by atoms with Gasteiger partial charge in [-0.2, -0.15) is 0 Å². The summed E-state index contributed by atoms with van der Waals surface area (Å²) >= 11 is 0. The van der Waals surface area contributed by atoms with Crippen LogP contribution in [0.1, 0.15) is 17.0 Å². The Morgan fingerprint density at radius 3 is 2.28 bits per heavy atom. The molecular formula is C12H11F3N2O. The van der Waals surface area contributed by atoms with Gasteiger partial charge in [0.1, 0.15) is 5.76 Å². The number of anilines is 1. The van der Waals surface area contributed by atoms with E-state index in [1.54, 1.807) is 13.8 Å². The topological polar surface area (TPSA) is 38.1 Å². The number of hydrogen-bond acceptors (Lipinski definition) is 3. The number of aromatic nitrogens is 1. The van der Waals surface area contributed by atoms with E-state index in [0.717, 1.165) is 17.7 Å². The SMILES string of the molecule is Cc1noc(C)c1CNc1cc(F)c(F)c(F)c1. The molecule has 0 aliphatic rings. The van der Waals surface area contributed by atoms with Gasteiger partial charge in [0.15, 0.2) is 17.5 Å². The summed E-state index contributed by atoms with van der Waals surface area (Å²) in [4.78, 5) is 0. The van der Waals surface area contributed by atoms with E-state index in [-0.39, 0.29) is 5.69 Å². The third kappa shape index (κ3) is 2.32. The highest BCUT2D eigenvalue weighted by molar-refractivity contribution is 5.45. The molecule has 3 nitrogen and oxygen atoms in total. The van der Waals surface area contributed by atoms with E-state index in [4.69, 9.17) is 4.52 Å².